The number of amidine groups is 1. The predicted molar refractivity (Wildman–Crippen MR) is 73.6 cm³/mol. The van der Waals surface area contributed by atoms with Crippen LogP contribution in [-0.4, -0.2) is 34.4 Å². The van der Waals surface area contributed by atoms with Crippen LogP contribution in [0.5, 0.6) is 0 Å². The Morgan fingerprint density at radius 2 is 2.00 bits per heavy atom. The van der Waals surface area contributed by atoms with Crippen LogP contribution >= 0.6 is 0 Å². The van der Waals surface area contributed by atoms with Gasteiger partial charge in [0.25, 0.3) is 0 Å². The van der Waals surface area contributed by atoms with Gasteiger partial charge in [-0.2, -0.15) is 0 Å². The van der Waals surface area contributed by atoms with E-state index in [2.05, 4.69) is 12.1 Å². The summed E-state index contributed by atoms with van der Waals surface area (Å²) in [4.78, 5) is 14.1. The quantitative estimate of drug-likeness (QED) is 0.303. The van der Waals surface area contributed by atoms with Crippen molar-refractivity contribution in [2.45, 2.75) is 59.4 Å². The molecule has 0 radical (unpaired) electrons. The van der Waals surface area contributed by atoms with E-state index < -0.39 is 0 Å². The van der Waals surface area contributed by atoms with Gasteiger partial charge < -0.3 is 15.8 Å². The lowest BCUT2D eigenvalue weighted by atomic mass is 9.97. The van der Waals surface area contributed by atoms with Gasteiger partial charge in [-0.05, 0) is 26.7 Å². The number of nitrogens with zero attached hydrogens (tertiary/aromatic N) is 2. The number of rotatable bonds is 8. The van der Waals surface area contributed by atoms with Crippen molar-refractivity contribution in [3.63, 3.8) is 0 Å². The Morgan fingerprint density at radius 1 is 1.39 bits per heavy atom. The molecule has 0 saturated heterocycles. The van der Waals surface area contributed by atoms with E-state index in [0.29, 0.717) is 0 Å². The lowest BCUT2D eigenvalue weighted by Gasteiger charge is -2.30. The normalized spacial score (nSPS) is 13.7. The van der Waals surface area contributed by atoms with E-state index in [-0.39, 0.29) is 30.2 Å². The third-order valence-corrected chi connectivity index (χ3v) is 3.12. The molecule has 0 bridgehead atoms. The minimum absolute atomic E-state index is 0.0406. The molecule has 0 aliphatic heterocycles. The molecule has 0 aliphatic rings. The molecule has 0 rings (SSSR count). The zero-order valence-electron chi connectivity index (χ0n) is 12.0. The molecule has 18 heavy (non-hydrogen) atoms. The molecule has 0 fully saturated rings. The number of hydrogen-bond acceptors (Lipinski definition) is 3. The van der Waals surface area contributed by atoms with Gasteiger partial charge >= 0.3 is 0 Å². The summed E-state index contributed by atoms with van der Waals surface area (Å²) in [5, 5.41) is 11.6. The highest BCUT2D eigenvalue weighted by Gasteiger charge is 2.25. The van der Waals surface area contributed by atoms with E-state index >= 15 is 0 Å². The predicted octanol–water partition coefficient (Wildman–Crippen LogP) is 2.19. The number of carbonyl (C=O) groups is 1. The number of amides is 1. The van der Waals surface area contributed by atoms with Crippen molar-refractivity contribution >= 4 is 11.7 Å². The first-order chi connectivity index (χ1) is 8.47. The van der Waals surface area contributed by atoms with Crippen molar-refractivity contribution in [1.29, 1.82) is 0 Å². The summed E-state index contributed by atoms with van der Waals surface area (Å²) in [7, 11) is 0. The van der Waals surface area contributed by atoms with Crippen LogP contribution in [0.2, 0.25) is 0 Å². The molecule has 0 saturated carbocycles. The smallest absolute Gasteiger partial charge is 0.226 e. The number of unbranched alkanes of at least 4 members (excludes halogenated alkanes) is 1. The van der Waals surface area contributed by atoms with Gasteiger partial charge in [0.2, 0.25) is 5.91 Å². The maximum absolute atomic E-state index is 12.4. The highest BCUT2D eigenvalue weighted by Crippen LogP contribution is 2.17. The Balaban J connectivity index is 4.71. The first-order valence-corrected chi connectivity index (χ1v) is 6.74. The summed E-state index contributed by atoms with van der Waals surface area (Å²) in [6.07, 6.45) is 3.88. The summed E-state index contributed by atoms with van der Waals surface area (Å²) >= 11 is 0. The van der Waals surface area contributed by atoms with Gasteiger partial charge in [-0.1, -0.05) is 31.8 Å². The average Bonchev–Trinajstić information content (AvgIpc) is 2.35. The summed E-state index contributed by atoms with van der Waals surface area (Å²) in [5.74, 6) is 0.216. The van der Waals surface area contributed by atoms with Crippen molar-refractivity contribution in [2.24, 2.45) is 16.8 Å². The van der Waals surface area contributed by atoms with Gasteiger partial charge in [0.15, 0.2) is 5.84 Å². The largest absolute Gasteiger partial charge is 0.409 e. The first kappa shape index (κ1) is 16.7. The number of nitrogens with two attached hydrogens (primary N) is 1. The second-order valence-electron chi connectivity index (χ2n) is 4.90. The van der Waals surface area contributed by atoms with Crippen LogP contribution in [0.4, 0.5) is 0 Å². The van der Waals surface area contributed by atoms with Crippen LogP contribution in [0.15, 0.2) is 5.16 Å². The van der Waals surface area contributed by atoms with Crippen molar-refractivity contribution < 1.29 is 10.0 Å². The van der Waals surface area contributed by atoms with Crippen LogP contribution in [0.3, 0.4) is 0 Å². The molecule has 3 N–H and O–H groups in total. The Morgan fingerprint density at radius 3 is 2.39 bits per heavy atom. The molecule has 0 spiro atoms. The number of oxime groups is 1. The van der Waals surface area contributed by atoms with E-state index in [1.54, 1.807) is 4.90 Å². The zero-order chi connectivity index (χ0) is 14.1. The Bertz CT molecular complexity index is 277. The van der Waals surface area contributed by atoms with Crippen LogP contribution < -0.4 is 5.73 Å². The summed E-state index contributed by atoms with van der Waals surface area (Å²) in [5.41, 5.74) is 5.50. The fourth-order valence-electron chi connectivity index (χ4n) is 1.91. The third-order valence-electron chi connectivity index (χ3n) is 3.12. The molecule has 106 valence electrons. The highest BCUT2D eigenvalue weighted by atomic mass is 16.4. The maximum Gasteiger partial charge on any atom is 0.226 e. The minimum Gasteiger partial charge on any atom is -0.409 e. The van der Waals surface area contributed by atoms with E-state index in [4.69, 9.17) is 10.9 Å². The standard InChI is InChI=1S/C13H27N3O2/c1-5-7-8-11(6-2)13(17)16(10(3)4)9-12(14)15-18/h10-11,18H,5-9H2,1-4H3,(H2,14,15). The zero-order valence-corrected chi connectivity index (χ0v) is 12.0. The average molecular weight is 257 g/mol. The molecule has 1 unspecified atom stereocenters. The number of hydrogen-bond donors (Lipinski definition) is 2. The van der Waals surface area contributed by atoms with Crippen molar-refractivity contribution in [2.75, 3.05) is 6.54 Å². The second kappa shape index (κ2) is 8.78. The van der Waals surface area contributed by atoms with E-state index in [1.165, 1.54) is 0 Å². The molecule has 0 aromatic rings. The van der Waals surface area contributed by atoms with E-state index in [9.17, 15) is 4.79 Å². The molecule has 5 heteroatoms. The Kier molecular flexibility index (Phi) is 8.16. The fourth-order valence-corrected chi connectivity index (χ4v) is 1.91. The molecule has 0 aromatic heterocycles. The van der Waals surface area contributed by atoms with Gasteiger partial charge in [-0.3, -0.25) is 4.79 Å². The molecule has 0 aliphatic carbocycles. The summed E-state index contributed by atoms with van der Waals surface area (Å²) in [6, 6.07) is 0.0495. The van der Waals surface area contributed by atoms with Gasteiger partial charge in [-0.15, -0.1) is 0 Å². The third kappa shape index (κ3) is 5.38. The van der Waals surface area contributed by atoms with E-state index in [0.717, 1.165) is 25.7 Å². The molecule has 1 amide bonds. The minimum atomic E-state index is 0.0406. The topological polar surface area (TPSA) is 78.9 Å². The highest BCUT2D eigenvalue weighted by molar-refractivity contribution is 5.87. The lowest BCUT2D eigenvalue weighted by molar-refractivity contribution is -0.136. The number of carbonyl (C=O) groups excluding carboxylic acids is 1. The monoisotopic (exact) mass is 257 g/mol. The van der Waals surface area contributed by atoms with Gasteiger partial charge in [0, 0.05) is 12.0 Å². The van der Waals surface area contributed by atoms with Crippen molar-refractivity contribution in [1.82, 2.24) is 4.90 Å². The lowest BCUT2D eigenvalue weighted by Crippen LogP contribution is -2.45. The van der Waals surface area contributed by atoms with E-state index in [1.807, 2.05) is 20.8 Å². The molecule has 0 heterocycles. The SMILES string of the molecule is CCCCC(CC)C(=O)N(CC(N)=NO)C(C)C. The Labute approximate surface area is 110 Å². The van der Waals surface area contributed by atoms with Crippen LogP contribution in [0, 0.1) is 5.92 Å². The van der Waals surface area contributed by atoms with Gasteiger partial charge in [0.1, 0.15) is 0 Å². The Hall–Kier alpha value is -1.26. The second-order valence-corrected chi connectivity index (χ2v) is 4.90. The summed E-state index contributed by atoms with van der Waals surface area (Å²) < 4.78 is 0. The van der Waals surface area contributed by atoms with Crippen molar-refractivity contribution in [3.8, 4) is 0 Å². The maximum atomic E-state index is 12.4. The molecule has 1 atom stereocenters. The molecular formula is C13H27N3O2. The summed E-state index contributed by atoms with van der Waals surface area (Å²) in [6.45, 7) is 8.22. The first-order valence-electron chi connectivity index (χ1n) is 6.74. The van der Waals surface area contributed by atoms with Gasteiger partial charge in [-0.25, -0.2) is 0 Å². The molecule has 0 aromatic carbocycles. The van der Waals surface area contributed by atoms with Crippen LogP contribution in [0.25, 0.3) is 0 Å². The van der Waals surface area contributed by atoms with Crippen LogP contribution in [-0.2, 0) is 4.79 Å². The fraction of sp³-hybridized carbons (Fsp3) is 0.846. The van der Waals surface area contributed by atoms with Crippen molar-refractivity contribution in [3.05, 3.63) is 0 Å². The van der Waals surface area contributed by atoms with Gasteiger partial charge in [0.05, 0.1) is 6.54 Å². The molecule has 5 nitrogen and oxygen atoms in total. The molecular weight excluding hydrogens is 230 g/mol. The van der Waals surface area contributed by atoms with Crippen LogP contribution in [0.1, 0.15) is 53.4 Å².